The minimum absolute atomic E-state index is 0.0527. The van der Waals surface area contributed by atoms with E-state index in [4.69, 9.17) is 10.5 Å². The number of piperidine rings is 1. The highest BCUT2D eigenvalue weighted by Gasteiger charge is 2.25. The Hall–Kier alpha value is -1.55. The molecule has 1 heterocycles. The van der Waals surface area contributed by atoms with Crippen LogP contribution in [0, 0.1) is 13.8 Å². The molecule has 20 heavy (non-hydrogen) atoms. The standard InChI is InChI=1S/C16H24N2O2/c1-11-4-5-15(12(2)10-11)20-13(3)16(19)18-8-6-14(17)7-9-18/h4-5,10,13-14H,6-9,17H2,1-3H3. The predicted octanol–water partition coefficient (Wildman–Crippen LogP) is 2.02. The molecule has 1 saturated heterocycles. The largest absolute Gasteiger partial charge is 0.481 e. The van der Waals surface area contributed by atoms with E-state index in [2.05, 4.69) is 6.07 Å². The molecule has 0 spiro atoms. The molecule has 0 aromatic heterocycles. The Morgan fingerprint density at radius 2 is 2.00 bits per heavy atom. The van der Waals surface area contributed by atoms with Gasteiger partial charge in [0, 0.05) is 19.1 Å². The van der Waals surface area contributed by atoms with Crippen LogP contribution in [0.25, 0.3) is 0 Å². The summed E-state index contributed by atoms with van der Waals surface area (Å²) < 4.78 is 5.82. The number of hydrogen-bond donors (Lipinski definition) is 1. The van der Waals surface area contributed by atoms with Crippen molar-refractivity contribution in [2.75, 3.05) is 13.1 Å². The van der Waals surface area contributed by atoms with Gasteiger partial charge in [-0.2, -0.15) is 0 Å². The molecule has 0 radical (unpaired) electrons. The second-order valence-corrected chi connectivity index (χ2v) is 5.69. The van der Waals surface area contributed by atoms with Gasteiger partial charge in [-0.1, -0.05) is 17.7 Å². The summed E-state index contributed by atoms with van der Waals surface area (Å²) >= 11 is 0. The molecule has 0 aliphatic carbocycles. The quantitative estimate of drug-likeness (QED) is 0.919. The van der Waals surface area contributed by atoms with Gasteiger partial charge in [-0.05, 0) is 45.2 Å². The van der Waals surface area contributed by atoms with Crippen molar-refractivity contribution in [3.63, 3.8) is 0 Å². The molecule has 4 nitrogen and oxygen atoms in total. The molecule has 1 aromatic rings. The van der Waals surface area contributed by atoms with Gasteiger partial charge >= 0.3 is 0 Å². The van der Waals surface area contributed by atoms with Crippen molar-refractivity contribution < 1.29 is 9.53 Å². The molecular formula is C16H24N2O2. The number of benzene rings is 1. The minimum atomic E-state index is -0.453. The highest BCUT2D eigenvalue weighted by Crippen LogP contribution is 2.21. The summed E-state index contributed by atoms with van der Waals surface area (Å²) in [6, 6.07) is 6.22. The molecule has 1 aromatic carbocycles. The summed E-state index contributed by atoms with van der Waals surface area (Å²) in [6.07, 6.45) is 1.30. The lowest BCUT2D eigenvalue weighted by molar-refractivity contribution is -0.139. The van der Waals surface area contributed by atoms with E-state index in [0.717, 1.165) is 37.2 Å². The number of aryl methyl sites for hydroxylation is 2. The van der Waals surface area contributed by atoms with Gasteiger partial charge in [-0.15, -0.1) is 0 Å². The number of carbonyl (C=O) groups is 1. The van der Waals surface area contributed by atoms with Crippen molar-refractivity contribution in [1.82, 2.24) is 4.90 Å². The van der Waals surface area contributed by atoms with Crippen LogP contribution >= 0.6 is 0 Å². The van der Waals surface area contributed by atoms with Crippen LogP contribution in [-0.2, 0) is 4.79 Å². The summed E-state index contributed by atoms with van der Waals surface area (Å²) in [7, 11) is 0. The van der Waals surface area contributed by atoms with Crippen LogP contribution in [0.1, 0.15) is 30.9 Å². The van der Waals surface area contributed by atoms with Gasteiger partial charge in [0.25, 0.3) is 5.91 Å². The molecule has 1 unspecified atom stereocenters. The molecule has 1 aliphatic rings. The highest BCUT2D eigenvalue weighted by molar-refractivity contribution is 5.81. The van der Waals surface area contributed by atoms with Gasteiger partial charge < -0.3 is 15.4 Å². The fraction of sp³-hybridized carbons (Fsp3) is 0.562. The van der Waals surface area contributed by atoms with E-state index in [1.54, 1.807) is 0 Å². The minimum Gasteiger partial charge on any atom is -0.481 e. The fourth-order valence-corrected chi connectivity index (χ4v) is 2.55. The lowest BCUT2D eigenvalue weighted by Crippen LogP contribution is -2.47. The summed E-state index contributed by atoms with van der Waals surface area (Å²) in [4.78, 5) is 14.2. The SMILES string of the molecule is Cc1ccc(OC(C)C(=O)N2CCC(N)CC2)c(C)c1. The Bertz CT molecular complexity index is 479. The third-order valence-corrected chi connectivity index (χ3v) is 3.83. The topological polar surface area (TPSA) is 55.6 Å². The first-order valence-corrected chi connectivity index (χ1v) is 7.25. The Balaban J connectivity index is 1.97. The first-order chi connectivity index (χ1) is 9.47. The molecule has 110 valence electrons. The van der Waals surface area contributed by atoms with Crippen molar-refractivity contribution >= 4 is 5.91 Å². The molecule has 1 amide bonds. The van der Waals surface area contributed by atoms with Gasteiger partial charge in [0.15, 0.2) is 6.10 Å². The van der Waals surface area contributed by atoms with Crippen LogP contribution in [0.3, 0.4) is 0 Å². The lowest BCUT2D eigenvalue weighted by atomic mass is 10.1. The van der Waals surface area contributed by atoms with E-state index < -0.39 is 6.10 Å². The fourth-order valence-electron chi connectivity index (χ4n) is 2.55. The number of ether oxygens (including phenoxy) is 1. The van der Waals surface area contributed by atoms with E-state index in [1.807, 2.05) is 37.8 Å². The second-order valence-electron chi connectivity index (χ2n) is 5.69. The first-order valence-electron chi connectivity index (χ1n) is 7.25. The number of carbonyl (C=O) groups excluding carboxylic acids is 1. The van der Waals surface area contributed by atoms with Gasteiger partial charge in [-0.3, -0.25) is 4.79 Å². The number of amides is 1. The van der Waals surface area contributed by atoms with E-state index in [9.17, 15) is 4.79 Å². The maximum absolute atomic E-state index is 12.3. The molecule has 1 aliphatic heterocycles. The highest BCUT2D eigenvalue weighted by atomic mass is 16.5. The average Bonchev–Trinajstić information content (AvgIpc) is 2.42. The molecule has 4 heteroatoms. The summed E-state index contributed by atoms with van der Waals surface area (Å²) in [5, 5.41) is 0. The Morgan fingerprint density at radius 3 is 2.60 bits per heavy atom. The van der Waals surface area contributed by atoms with Crippen LogP contribution < -0.4 is 10.5 Å². The van der Waals surface area contributed by atoms with E-state index in [1.165, 1.54) is 5.56 Å². The summed E-state index contributed by atoms with van der Waals surface area (Å²) in [5.74, 6) is 0.835. The average molecular weight is 276 g/mol. The van der Waals surface area contributed by atoms with E-state index in [-0.39, 0.29) is 11.9 Å². The number of nitrogens with zero attached hydrogens (tertiary/aromatic N) is 1. The molecule has 0 bridgehead atoms. The monoisotopic (exact) mass is 276 g/mol. The van der Waals surface area contributed by atoms with Crippen molar-refractivity contribution in [3.8, 4) is 5.75 Å². The molecule has 1 atom stereocenters. The predicted molar refractivity (Wildman–Crippen MR) is 79.8 cm³/mol. The van der Waals surface area contributed by atoms with Crippen molar-refractivity contribution in [2.45, 2.75) is 45.8 Å². The van der Waals surface area contributed by atoms with Crippen LogP contribution in [0.4, 0.5) is 0 Å². The van der Waals surface area contributed by atoms with Crippen LogP contribution in [-0.4, -0.2) is 36.0 Å². The zero-order chi connectivity index (χ0) is 14.7. The molecule has 1 fully saturated rings. The van der Waals surface area contributed by atoms with Gasteiger partial charge in [0.05, 0.1) is 0 Å². The van der Waals surface area contributed by atoms with Crippen LogP contribution in [0.2, 0.25) is 0 Å². The summed E-state index contributed by atoms with van der Waals surface area (Å²) in [5.41, 5.74) is 8.12. The Labute approximate surface area is 120 Å². The molecule has 0 saturated carbocycles. The zero-order valence-electron chi connectivity index (χ0n) is 12.6. The zero-order valence-corrected chi connectivity index (χ0v) is 12.6. The molecule has 2 N–H and O–H groups in total. The number of likely N-dealkylation sites (tertiary alicyclic amines) is 1. The number of rotatable bonds is 3. The van der Waals surface area contributed by atoms with E-state index in [0.29, 0.717) is 0 Å². The van der Waals surface area contributed by atoms with Gasteiger partial charge in [0.1, 0.15) is 5.75 Å². The smallest absolute Gasteiger partial charge is 0.263 e. The van der Waals surface area contributed by atoms with Gasteiger partial charge in [-0.25, -0.2) is 0 Å². The maximum Gasteiger partial charge on any atom is 0.263 e. The number of nitrogens with two attached hydrogens (primary N) is 1. The Kier molecular flexibility index (Phi) is 4.65. The Morgan fingerprint density at radius 1 is 1.35 bits per heavy atom. The van der Waals surface area contributed by atoms with Gasteiger partial charge in [0.2, 0.25) is 0 Å². The third kappa shape index (κ3) is 3.51. The third-order valence-electron chi connectivity index (χ3n) is 3.83. The lowest BCUT2D eigenvalue weighted by Gasteiger charge is -2.32. The van der Waals surface area contributed by atoms with E-state index >= 15 is 0 Å². The van der Waals surface area contributed by atoms with Crippen molar-refractivity contribution in [2.24, 2.45) is 5.73 Å². The normalized spacial score (nSPS) is 17.9. The second kappa shape index (κ2) is 6.27. The molecule has 2 rings (SSSR count). The number of hydrogen-bond acceptors (Lipinski definition) is 3. The molecular weight excluding hydrogens is 252 g/mol. The van der Waals surface area contributed by atoms with Crippen LogP contribution in [0.15, 0.2) is 18.2 Å². The van der Waals surface area contributed by atoms with Crippen LogP contribution in [0.5, 0.6) is 5.75 Å². The summed E-state index contributed by atoms with van der Waals surface area (Å²) in [6.45, 7) is 7.33. The maximum atomic E-state index is 12.3. The van der Waals surface area contributed by atoms with Crippen molar-refractivity contribution in [3.05, 3.63) is 29.3 Å². The first kappa shape index (κ1) is 14.9. The van der Waals surface area contributed by atoms with Crippen molar-refractivity contribution in [1.29, 1.82) is 0 Å².